The summed E-state index contributed by atoms with van der Waals surface area (Å²) in [5.74, 6) is 0. The Kier molecular flexibility index (Phi) is 3.19. The molecular weight excluding hydrogens is 152 g/mol. The molecule has 0 bridgehead atoms. The molecule has 65 valence electrons. The summed E-state index contributed by atoms with van der Waals surface area (Å²) < 4.78 is 0. The summed E-state index contributed by atoms with van der Waals surface area (Å²) in [7, 11) is 5.48. The topological polar surface area (TPSA) is 36.4 Å². The molecule has 1 aromatic rings. The van der Waals surface area contributed by atoms with Crippen LogP contribution >= 0.6 is 0 Å². The lowest BCUT2D eigenvalue weighted by molar-refractivity contribution is 0.144. The van der Waals surface area contributed by atoms with Crippen molar-refractivity contribution in [2.45, 2.75) is 6.10 Å². The standard InChI is InChI=1S/C9H13N2O/c1-11(2)7-9(12)8-4-3-5-10-6-8/h3-6,9,12H,1,7H2,2H3/t9-/m0/s1. The van der Waals surface area contributed by atoms with Gasteiger partial charge < -0.3 is 10.0 Å². The summed E-state index contributed by atoms with van der Waals surface area (Å²) in [6, 6.07) is 3.66. The molecule has 1 heterocycles. The number of hydrogen-bond acceptors (Lipinski definition) is 3. The number of aliphatic hydroxyl groups excluding tert-OH is 1. The summed E-state index contributed by atoms with van der Waals surface area (Å²) in [4.78, 5) is 5.61. The molecule has 0 saturated carbocycles. The molecule has 1 aromatic heterocycles. The molecule has 0 aliphatic carbocycles. The van der Waals surface area contributed by atoms with Crippen LogP contribution in [0.2, 0.25) is 0 Å². The van der Waals surface area contributed by atoms with Crippen molar-refractivity contribution in [3.63, 3.8) is 0 Å². The van der Waals surface area contributed by atoms with E-state index in [1.165, 1.54) is 0 Å². The van der Waals surface area contributed by atoms with Gasteiger partial charge in [0.15, 0.2) is 0 Å². The number of likely N-dealkylation sites (N-methyl/N-ethyl adjacent to an activating group) is 1. The van der Waals surface area contributed by atoms with Crippen LogP contribution in [0, 0.1) is 7.05 Å². The monoisotopic (exact) mass is 165 g/mol. The highest BCUT2D eigenvalue weighted by atomic mass is 16.3. The first kappa shape index (κ1) is 9.16. The summed E-state index contributed by atoms with van der Waals surface area (Å²) in [6.45, 7) is 0.520. The predicted octanol–water partition coefficient (Wildman–Crippen LogP) is 0.838. The van der Waals surface area contributed by atoms with E-state index in [4.69, 9.17) is 0 Å². The van der Waals surface area contributed by atoms with Crippen LogP contribution in [0.25, 0.3) is 0 Å². The molecule has 12 heavy (non-hydrogen) atoms. The van der Waals surface area contributed by atoms with E-state index in [9.17, 15) is 5.11 Å². The molecule has 0 amide bonds. The third-order valence-electron chi connectivity index (χ3n) is 1.55. The highest BCUT2D eigenvalue weighted by molar-refractivity contribution is 5.11. The average molecular weight is 165 g/mol. The van der Waals surface area contributed by atoms with E-state index in [-0.39, 0.29) is 0 Å². The fraction of sp³-hybridized carbons (Fsp3) is 0.333. The molecule has 0 aromatic carbocycles. The number of aliphatic hydroxyl groups is 1. The van der Waals surface area contributed by atoms with E-state index in [2.05, 4.69) is 12.0 Å². The molecule has 3 nitrogen and oxygen atoms in total. The van der Waals surface area contributed by atoms with Crippen LogP contribution in [0.4, 0.5) is 0 Å². The van der Waals surface area contributed by atoms with Gasteiger partial charge in [0.05, 0.1) is 6.10 Å². The maximum absolute atomic E-state index is 9.57. The van der Waals surface area contributed by atoms with E-state index in [0.717, 1.165) is 5.56 Å². The van der Waals surface area contributed by atoms with E-state index in [0.29, 0.717) is 6.54 Å². The van der Waals surface area contributed by atoms with E-state index in [1.54, 1.807) is 17.3 Å². The third-order valence-corrected chi connectivity index (χ3v) is 1.55. The van der Waals surface area contributed by atoms with Crippen LogP contribution in [0.3, 0.4) is 0 Å². The van der Waals surface area contributed by atoms with Crippen molar-refractivity contribution in [3.8, 4) is 0 Å². The Labute approximate surface area is 72.7 Å². The quantitative estimate of drug-likeness (QED) is 0.721. The fourth-order valence-electron chi connectivity index (χ4n) is 0.974. The summed E-state index contributed by atoms with van der Waals surface area (Å²) in [5.41, 5.74) is 0.827. The van der Waals surface area contributed by atoms with Gasteiger partial charge in [0, 0.05) is 31.5 Å². The SMILES string of the molecule is [CH2]N(C)C[C@H](O)c1cccnc1. The molecule has 0 saturated heterocycles. The van der Waals surface area contributed by atoms with Gasteiger partial charge in [-0.1, -0.05) is 6.07 Å². The van der Waals surface area contributed by atoms with Crippen molar-refractivity contribution < 1.29 is 5.11 Å². The number of nitrogens with zero attached hydrogens (tertiary/aromatic N) is 2. The third kappa shape index (κ3) is 2.60. The van der Waals surface area contributed by atoms with Crippen molar-refractivity contribution >= 4 is 0 Å². The lowest BCUT2D eigenvalue weighted by Crippen LogP contribution is -2.18. The number of pyridine rings is 1. The molecule has 1 atom stereocenters. The molecule has 0 unspecified atom stereocenters. The Balaban J connectivity index is 2.59. The van der Waals surface area contributed by atoms with Crippen molar-refractivity contribution in [2.24, 2.45) is 0 Å². The Morgan fingerprint density at radius 1 is 1.75 bits per heavy atom. The largest absolute Gasteiger partial charge is 0.387 e. The Hall–Kier alpha value is -0.930. The first-order chi connectivity index (χ1) is 5.70. The van der Waals surface area contributed by atoms with Crippen LogP contribution in [0.1, 0.15) is 11.7 Å². The minimum Gasteiger partial charge on any atom is -0.387 e. The lowest BCUT2D eigenvalue weighted by Gasteiger charge is -2.15. The molecular formula is C9H13N2O. The zero-order chi connectivity index (χ0) is 8.97. The minimum atomic E-state index is -0.499. The van der Waals surface area contributed by atoms with Crippen LogP contribution in [0.5, 0.6) is 0 Å². The number of rotatable bonds is 3. The molecule has 1 radical (unpaired) electrons. The highest BCUT2D eigenvalue weighted by Crippen LogP contribution is 2.10. The zero-order valence-corrected chi connectivity index (χ0v) is 7.14. The van der Waals surface area contributed by atoms with Gasteiger partial charge in [0.1, 0.15) is 0 Å². The van der Waals surface area contributed by atoms with Gasteiger partial charge >= 0.3 is 0 Å². The average Bonchev–Trinajstić information content (AvgIpc) is 2.05. The van der Waals surface area contributed by atoms with Gasteiger partial charge in [-0.25, -0.2) is 0 Å². The van der Waals surface area contributed by atoms with E-state index < -0.39 is 6.10 Å². The second-order valence-corrected chi connectivity index (χ2v) is 2.84. The molecule has 1 rings (SSSR count). The van der Waals surface area contributed by atoms with Gasteiger partial charge in [-0.2, -0.15) is 0 Å². The zero-order valence-electron chi connectivity index (χ0n) is 7.14. The van der Waals surface area contributed by atoms with Gasteiger partial charge in [-0.3, -0.25) is 4.98 Å². The van der Waals surface area contributed by atoms with Crippen LogP contribution in [-0.4, -0.2) is 28.6 Å². The molecule has 0 aliphatic heterocycles. The highest BCUT2D eigenvalue weighted by Gasteiger charge is 2.07. The summed E-state index contributed by atoms with van der Waals surface area (Å²) in [5, 5.41) is 9.57. The Bertz CT molecular complexity index is 223. The summed E-state index contributed by atoms with van der Waals surface area (Å²) >= 11 is 0. The maximum atomic E-state index is 9.57. The van der Waals surface area contributed by atoms with Crippen molar-refractivity contribution in [3.05, 3.63) is 37.1 Å². The van der Waals surface area contributed by atoms with Crippen molar-refractivity contribution in [2.75, 3.05) is 13.6 Å². The molecule has 0 aliphatic rings. The molecule has 1 N–H and O–H groups in total. The van der Waals surface area contributed by atoms with Crippen molar-refractivity contribution in [1.29, 1.82) is 0 Å². The summed E-state index contributed by atoms with van der Waals surface area (Å²) in [6.07, 6.45) is 2.85. The lowest BCUT2D eigenvalue weighted by atomic mass is 10.1. The fourth-order valence-corrected chi connectivity index (χ4v) is 0.974. The molecule has 0 spiro atoms. The Morgan fingerprint density at radius 2 is 2.50 bits per heavy atom. The Morgan fingerprint density at radius 3 is 3.00 bits per heavy atom. The first-order valence-electron chi connectivity index (χ1n) is 3.80. The smallest absolute Gasteiger partial charge is 0.0931 e. The van der Waals surface area contributed by atoms with Gasteiger partial charge in [0.2, 0.25) is 0 Å². The second-order valence-electron chi connectivity index (χ2n) is 2.84. The second kappa shape index (κ2) is 4.18. The van der Waals surface area contributed by atoms with Crippen LogP contribution in [0.15, 0.2) is 24.5 Å². The first-order valence-corrected chi connectivity index (χ1v) is 3.80. The number of hydrogen-bond donors (Lipinski definition) is 1. The molecule has 0 fully saturated rings. The van der Waals surface area contributed by atoms with Gasteiger partial charge in [-0.15, -0.1) is 0 Å². The van der Waals surface area contributed by atoms with Crippen LogP contribution < -0.4 is 0 Å². The van der Waals surface area contributed by atoms with E-state index >= 15 is 0 Å². The predicted molar refractivity (Wildman–Crippen MR) is 47.2 cm³/mol. The van der Waals surface area contributed by atoms with Crippen molar-refractivity contribution in [1.82, 2.24) is 9.88 Å². The van der Waals surface area contributed by atoms with Gasteiger partial charge in [0.25, 0.3) is 0 Å². The minimum absolute atomic E-state index is 0.499. The normalized spacial score (nSPS) is 13.3. The molecule has 3 heteroatoms. The number of aromatic nitrogens is 1. The maximum Gasteiger partial charge on any atom is 0.0931 e. The van der Waals surface area contributed by atoms with Crippen LogP contribution in [-0.2, 0) is 0 Å². The van der Waals surface area contributed by atoms with Gasteiger partial charge in [-0.05, 0) is 13.1 Å². The van der Waals surface area contributed by atoms with E-state index in [1.807, 2.05) is 19.2 Å².